The van der Waals surface area contributed by atoms with Crippen LogP contribution in [0.3, 0.4) is 0 Å². The van der Waals surface area contributed by atoms with E-state index in [9.17, 15) is 14.4 Å². The number of benzene rings is 3. The van der Waals surface area contributed by atoms with Crippen molar-refractivity contribution in [2.75, 3.05) is 30.4 Å². The second-order valence-electron chi connectivity index (χ2n) is 9.50. The molecule has 36 heavy (non-hydrogen) atoms. The molecule has 7 heteroatoms. The monoisotopic (exact) mass is 482 g/mol. The van der Waals surface area contributed by atoms with Crippen molar-refractivity contribution < 1.29 is 14.4 Å². The number of anilines is 2. The number of nitrogens with zero attached hydrogens (tertiary/aromatic N) is 3. The first-order valence-electron chi connectivity index (χ1n) is 12.3. The average molecular weight is 483 g/mol. The molecule has 2 aliphatic heterocycles. The van der Waals surface area contributed by atoms with Crippen LogP contribution in [0.15, 0.2) is 72.8 Å². The molecule has 184 valence electrons. The first-order valence-corrected chi connectivity index (χ1v) is 12.3. The van der Waals surface area contributed by atoms with Crippen LogP contribution in [0.1, 0.15) is 44.7 Å². The zero-order chi connectivity index (χ0) is 25.2. The molecule has 0 aliphatic carbocycles. The molecule has 0 bridgehead atoms. The number of fused-ring (bicyclic) bond motifs is 2. The smallest absolute Gasteiger partial charge is 0.256 e. The van der Waals surface area contributed by atoms with Gasteiger partial charge in [-0.25, -0.2) is 0 Å². The lowest BCUT2D eigenvalue weighted by atomic mass is 10.0. The Kier molecular flexibility index (Phi) is 6.46. The first-order chi connectivity index (χ1) is 17.4. The Morgan fingerprint density at radius 1 is 0.972 bits per heavy atom. The molecule has 1 fully saturated rings. The lowest BCUT2D eigenvalue weighted by Crippen LogP contribution is -2.44. The molecular weight excluding hydrogens is 452 g/mol. The number of carbonyl (C=O) groups is 3. The lowest BCUT2D eigenvalue weighted by Gasteiger charge is -2.26. The van der Waals surface area contributed by atoms with Crippen LogP contribution in [-0.2, 0) is 17.9 Å². The van der Waals surface area contributed by atoms with Crippen molar-refractivity contribution in [2.45, 2.75) is 32.0 Å². The molecule has 2 heterocycles. The molecule has 1 saturated heterocycles. The largest absolute Gasteiger partial charge is 0.378 e. The summed E-state index contributed by atoms with van der Waals surface area (Å²) in [6.45, 7) is 1.21. The van der Waals surface area contributed by atoms with Crippen molar-refractivity contribution in [3.8, 4) is 0 Å². The lowest BCUT2D eigenvalue weighted by molar-refractivity contribution is -0.122. The summed E-state index contributed by atoms with van der Waals surface area (Å²) in [4.78, 5) is 45.4. The highest BCUT2D eigenvalue weighted by Gasteiger charge is 2.42. The van der Waals surface area contributed by atoms with Crippen LogP contribution in [-0.4, -0.2) is 49.3 Å². The molecule has 3 aromatic rings. The fraction of sp³-hybridized carbons (Fsp3) is 0.276. The summed E-state index contributed by atoms with van der Waals surface area (Å²) in [6.07, 6.45) is 1.47. The summed E-state index contributed by atoms with van der Waals surface area (Å²) < 4.78 is 0. The Bertz CT molecular complexity index is 1300. The van der Waals surface area contributed by atoms with Gasteiger partial charge in [0.15, 0.2) is 0 Å². The highest BCUT2D eigenvalue weighted by atomic mass is 16.2. The van der Waals surface area contributed by atoms with Gasteiger partial charge in [-0.15, -0.1) is 0 Å². The maximum Gasteiger partial charge on any atom is 0.256 e. The van der Waals surface area contributed by atoms with E-state index < -0.39 is 6.04 Å². The minimum absolute atomic E-state index is 0.0954. The second kappa shape index (κ2) is 9.85. The molecule has 0 radical (unpaired) electrons. The molecule has 0 spiro atoms. The SMILES string of the molecule is CN(C)c1ccc(CNC(=O)c2ccccc2CN2C(=O)C3CCCN3C(=O)c3ccccc32)cc1. The van der Waals surface area contributed by atoms with Gasteiger partial charge in [0.05, 0.1) is 17.8 Å². The third kappa shape index (κ3) is 4.44. The first kappa shape index (κ1) is 23.6. The van der Waals surface area contributed by atoms with E-state index in [2.05, 4.69) is 5.32 Å². The number of hydrogen-bond donors (Lipinski definition) is 1. The fourth-order valence-corrected chi connectivity index (χ4v) is 5.01. The minimum atomic E-state index is -0.462. The normalized spacial score (nSPS) is 16.9. The van der Waals surface area contributed by atoms with E-state index in [1.807, 2.05) is 79.7 Å². The molecule has 2 aliphatic rings. The van der Waals surface area contributed by atoms with Crippen molar-refractivity contribution in [3.63, 3.8) is 0 Å². The summed E-state index contributed by atoms with van der Waals surface area (Å²) >= 11 is 0. The zero-order valence-electron chi connectivity index (χ0n) is 20.6. The van der Waals surface area contributed by atoms with Crippen LogP contribution in [0.5, 0.6) is 0 Å². The van der Waals surface area contributed by atoms with Crippen molar-refractivity contribution in [3.05, 3.63) is 95.1 Å². The highest BCUT2D eigenvalue weighted by molar-refractivity contribution is 6.11. The van der Waals surface area contributed by atoms with E-state index in [4.69, 9.17) is 0 Å². The molecule has 5 rings (SSSR count). The van der Waals surface area contributed by atoms with Crippen LogP contribution in [0.25, 0.3) is 0 Å². The maximum atomic E-state index is 13.6. The quantitative estimate of drug-likeness (QED) is 0.580. The Hall–Kier alpha value is -4.13. The second-order valence-corrected chi connectivity index (χ2v) is 9.50. The summed E-state index contributed by atoms with van der Waals surface area (Å²) in [7, 11) is 3.97. The maximum absolute atomic E-state index is 13.6. The van der Waals surface area contributed by atoms with Gasteiger partial charge in [0.1, 0.15) is 6.04 Å². The van der Waals surface area contributed by atoms with Crippen LogP contribution in [0, 0.1) is 0 Å². The molecule has 3 amide bonds. The van der Waals surface area contributed by atoms with Gasteiger partial charge in [0.2, 0.25) is 5.91 Å². The Morgan fingerprint density at radius 2 is 1.69 bits per heavy atom. The predicted molar refractivity (Wildman–Crippen MR) is 140 cm³/mol. The molecule has 0 aromatic heterocycles. The van der Waals surface area contributed by atoms with Crippen molar-refractivity contribution in [1.29, 1.82) is 0 Å². The van der Waals surface area contributed by atoms with Gasteiger partial charge in [-0.1, -0.05) is 42.5 Å². The molecular formula is C29H30N4O3. The van der Waals surface area contributed by atoms with Crippen LogP contribution < -0.4 is 15.1 Å². The van der Waals surface area contributed by atoms with E-state index in [-0.39, 0.29) is 24.3 Å². The van der Waals surface area contributed by atoms with E-state index in [1.54, 1.807) is 21.9 Å². The predicted octanol–water partition coefficient (Wildman–Crippen LogP) is 3.83. The van der Waals surface area contributed by atoms with Crippen LogP contribution in [0.2, 0.25) is 0 Å². The van der Waals surface area contributed by atoms with Gasteiger partial charge in [0.25, 0.3) is 11.8 Å². The van der Waals surface area contributed by atoms with E-state index in [0.717, 1.165) is 23.2 Å². The molecule has 7 nitrogen and oxygen atoms in total. The van der Waals surface area contributed by atoms with E-state index in [1.165, 1.54) is 0 Å². The van der Waals surface area contributed by atoms with Crippen LogP contribution in [0.4, 0.5) is 11.4 Å². The van der Waals surface area contributed by atoms with Gasteiger partial charge in [-0.2, -0.15) is 0 Å². The fourth-order valence-electron chi connectivity index (χ4n) is 5.01. The number of carbonyl (C=O) groups excluding carboxylic acids is 3. The molecule has 3 aromatic carbocycles. The van der Waals surface area contributed by atoms with Crippen molar-refractivity contribution >= 4 is 29.1 Å². The van der Waals surface area contributed by atoms with E-state index >= 15 is 0 Å². The van der Waals surface area contributed by atoms with Gasteiger partial charge in [0, 0.05) is 38.4 Å². The number of hydrogen-bond acceptors (Lipinski definition) is 4. The van der Waals surface area contributed by atoms with Gasteiger partial charge in [-0.05, 0) is 54.3 Å². The minimum Gasteiger partial charge on any atom is -0.378 e. The van der Waals surface area contributed by atoms with Crippen molar-refractivity contribution in [1.82, 2.24) is 10.2 Å². The van der Waals surface area contributed by atoms with Crippen molar-refractivity contribution in [2.24, 2.45) is 0 Å². The topological polar surface area (TPSA) is 73.0 Å². The molecule has 1 atom stereocenters. The van der Waals surface area contributed by atoms with Crippen LogP contribution >= 0.6 is 0 Å². The average Bonchev–Trinajstić information content (AvgIpc) is 3.37. The number of para-hydroxylation sites is 1. The molecule has 0 saturated carbocycles. The Labute approximate surface area is 211 Å². The van der Waals surface area contributed by atoms with Gasteiger partial charge >= 0.3 is 0 Å². The van der Waals surface area contributed by atoms with Gasteiger partial charge < -0.3 is 20.0 Å². The third-order valence-corrected chi connectivity index (χ3v) is 6.99. The summed E-state index contributed by atoms with van der Waals surface area (Å²) in [5, 5.41) is 3.01. The molecule has 1 N–H and O–H groups in total. The number of rotatable bonds is 6. The van der Waals surface area contributed by atoms with Gasteiger partial charge in [-0.3, -0.25) is 14.4 Å². The Morgan fingerprint density at radius 3 is 2.47 bits per heavy atom. The Balaban J connectivity index is 1.39. The summed E-state index contributed by atoms with van der Waals surface area (Å²) in [6, 6.07) is 22.2. The number of amides is 3. The highest BCUT2D eigenvalue weighted by Crippen LogP contribution is 2.33. The standard InChI is InChI=1S/C29H30N4O3/c1-31(2)22-15-13-20(14-16-22)18-30-27(34)23-9-4-3-8-21(23)19-33-25-11-6-5-10-24(25)28(35)32-17-7-12-26(32)29(33)36/h3-6,8-11,13-16,26H,7,12,17-19H2,1-2H3,(H,30,34). The third-order valence-electron chi connectivity index (χ3n) is 6.99. The summed E-state index contributed by atoms with van der Waals surface area (Å²) in [5.74, 6) is -0.395. The molecule has 1 unspecified atom stereocenters. The van der Waals surface area contributed by atoms with E-state index in [0.29, 0.717) is 36.3 Å². The summed E-state index contributed by atoms with van der Waals surface area (Å²) in [5.41, 5.74) is 4.48. The zero-order valence-corrected chi connectivity index (χ0v) is 20.6. The number of nitrogens with one attached hydrogen (secondary N) is 1.